The Hall–Kier alpha value is -2.83. The third kappa shape index (κ3) is 4.83. The van der Waals surface area contributed by atoms with Crippen LogP contribution in [0.5, 0.6) is 5.75 Å². The predicted octanol–water partition coefficient (Wildman–Crippen LogP) is 4.23. The number of nitrogens with zero attached hydrogens (tertiary/aromatic N) is 1. The summed E-state index contributed by atoms with van der Waals surface area (Å²) in [6.45, 7) is 1.92. The normalized spacial score (nSPS) is 18.1. The van der Waals surface area contributed by atoms with Crippen LogP contribution in [0.15, 0.2) is 71.1 Å². The number of benzene rings is 2. The molecule has 7 heteroatoms. The van der Waals surface area contributed by atoms with Gasteiger partial charge < -0.3 is 19.8 Å². The molecule has 2 aromatic carbocycles. The van der Waals surface area contributed by atoms with E-state index in [-0.39, 0.29) is 48.3 Å². The maximum absolute atomic E-state index is 13.0. The molecule has 1 saturated heterocycles. The Balaban J connectivity index is 0.00000256. The Labute approximate surface area is 181 Å². The first-order chi connectivity index (χ1) is 14.1. The summed E-state index contributed by atoms with van der Waals surface area (Å²) in [5.74, 6) is 1.33. The van der Waals surface area contributed by atoms with Crippen LogP contribution in [0.2, 0.25) is 0 Å². The lowest BCUT2D eigenvalue weighted by Gasteiger charge is -2.16. The molecule has 1 aliphatic heterocycles. The molecule has 0 aliphatic carbocycles. The quantitative estimate of drug-likeness (QED) is 0.635. The van der Waals surface area contributed by atoms with Crippen LogP contribution in [0.25, 0.3) is 0 Å². The van der Waals surface area contributed by atoms with Crippen LogP contribution in [-0.4, -0.2) is 30.4 Å². The lowest BCUT2D eigenvalue weighted by Crippen LogP contribution is -2.29. The number of halogens is 2. The standard InChI is InChI=1S/C23H23FN2O3.ClH/c24-18-6-8-19(9-7-18)28-15-20-10-11-22(29-20)23(27)26-13-17(12-25)21(14-26)16-4-2-1-3-5-16;/h1-11,17,21H,12-15,25H2;1H/t17-,21+;/m1./s1. The number of carbonyl (C=O) groups is 1. The van der Waals surface area contributed by atoms with E-state index in [4.69, 9.17) is 14.9 Å². The van der Waals surface area contributed by atoms with Crippen molar-refractivity contribution in [3.05, 3.63) is 89.6 Å². The number of hydrogen-bond acceptors (Lipinski definition) is 4. The van der Waals surface area contributed by atoms with Gasteiger partial charge in [-0.2, -0.15) is 0 Å². The van der Waals surface area contributed by atoms with Gasteiger partial charge in [-0.05, 0) is 54.4 Å². The first-order valence-electron chi connectivity index (χ1n) is 9.65. The monoisotopic (exact) mass is 430 g/mol. The molecule has 2 heterocycles. The Bertz CT molecular complexity index is 962. The van der Waals surface area contributed by atoms with Gasteiger partial charge in [-0.3, -0.25) is 4.79 Å². The molecule has 0 unspecified atom stereocenters. The van der Waals surface area contributed by atoms with Crippen molar-refractivity contribution in [1.29, 1.82) is 0 Å². The van der Waals surface area contributed by atoms with Gasteiger partial charge in [0.2, 0.25) is 0 Å². The van der Waals surface area contributed by atoms with Crippen molar-refractivity contribution in [2.75, 3.05) is 19.6 Å². The molecule has 1 amide bonds. The summed E-state index contributed by atoms with van der Waals surface area (Å²) < 4.78 is 24.2. The van der Waals surface area contributed by atoms with Crippen molar-refractivity contribution in [3.63, 3.8) is 0 Å². The highest BCUT2D eigenvalue weighted by atomic mass is 35.5. The van der Waals surface area contributed by atoms with Gasteiger partial charge in [0.1, 0.15) is 23.9 Å². The lowest BCUT2D eigenvalue weighted by atomic mass is 9.89. The van der Waals surface area contributed by atoms with Gasteiger partial charge in [0.15, 0.2) is 5.76 Å². The molecule has 2 atom stereocenters. The fourth-order valence-electron chi connectivity index (χ4n) is 3.77. The van der Waals surface area contributed by atoms with Gasteiger partial charge in [0.05, 0.1) is 0 Å². The van der Waals surface area contributed by atoms with Crippen molar-refractivity contribution >= 4 is 18.3 Å². The van der Waals surface area contributed by atoms with Crippen molar-refractivity contribution in [3.8, 4) is 5.75 Å². The van der Waals surface area contributed by atoms with Crippen molar-refractivity contribution in [1.82, 2.24) is 4.90 Å². The highest BCUT2D eigenvalue weighted by Gasteiger charge is 2.36. The fraction of sp³-hybridized carbons (Fsp3) is 0.261. The van der Waals surface area contributed by atoms with E-state index < -0.39 is 0 Å². The van der Waals surface area contributed by atoms with Crippen LogP contribution < -0.4 is 10.5 Å². The number of hydrogen-bond donors (Lipinski definition) is 1. The predicted molar refractivity (Wildman–Crippen MR) is 114 cm³/mol. The summed E-state index contributed by atoms with van der Waals surface area (Å²) in [6.07, 6.45) is 0. The van der Waals surface area contributed by atoms with E-state index in [9.17, 15) is 9.18 Å². The molecule has 2 N–H and O–H groups in total. The molecule has 1 aromatic heterocycles. The summed E-state index contributed by atoms with van der Waals surface area (Å²) in [5.41, 5.74) is 7.17. The largest absolute Gasteiger partial charge is 0.486 e. The van der Waals surface area contributed by atoms with E-state index in [1.54, 1.807) is 29.2 Å². The van der Waals surface area contributed by atoms with Crippen LogP contribution in [0, 0.1) is 11.7 Å². The summed E-state index contributed by atoms with van der Waals surface area (Å²) in [6, 6.07) is 19.3. The van der Waals surface area contributed by atoms with Gasteiger partial charge in [0, 0.05) is 19.0 Å². The zero-order valence-electron chi connectivity index (χ0n) is 16.4. The molecule has 0 bridgehead atoms. The molecule has 30 heavy (non-hydrogen) atoms. The van der Waals surface area contributed by atoms with E-state index in [0.717, 1.165) is 0 Å². The molecule has 0 saturated carbocycles. The summed E-state index contributed by atoms with van der Waals surface area (Å²) in [7, 11) is 0. The maximum atomic E-state index is 13.0. The van der Waals surface area contributed by atoms with Crippen LogP contribution in [0.1, 0.15) is 27.8 Å². The average molecular weight is 431 g/mol. The number of nitrogens with two attached hydrogens (primary N) is 1. The second-order valence-corrected chi connectivity index (χ2v) is 7.23. The first-order valence-corrected chi connectivity index (χ1v) is 9.65. The van der Waals surface area contributed by atoms with Crippen molar-refractivity contribution < 1.29 is 18.3 Å². The number of furan rings is 1. The second-order valence-electron chi connectivity index (χ2n) is 7.23. The SMILES string of the molecule is Cl.NC[C@@H]1CN(C(=O)c2ccc(COc3ccc(F)cc3)o2)C[C@H]1c1ccccc1. The van der Waals surface area contributed by atoms with Crippen LogP contribution >= 0.6 is 12.4 Å². The third-order valence-corrected chi connectivity index (χ3v) is 5.33. The molecule has 0 radical (unpaired) electrons. The van der Waals surface area contributed by atoms with Crippen molar-refractivity contribution in [2.45, 2.75) is 12.5 Å². The van der Waals surface area contributed by atoms with Gasteiger partial charge in [0.25, 0.3) is 5.91 Å². The zero-order valence-corrected chi connectivity index (χ0v) is 17.2. The van der Waals surface area contributed by atoms with Gasteiger partial charge >= 0.3 is 0 Å². The van der Waals surface area contributed by atoms with Gasteiger partial charge in [-0.25, -0.2) is 4.39 Å². The topological polar surface area (TPSA) is 68.7 Å². The fourth-order valence-corrected chi connectivity index (χ4v) is 3.77. The zero-order chi connectivity index (χ0) is 20.2. The summed E-state index contributed by atoms with van der Waals surface area (Å²) >= 11 is 0. The minimum atomic E-state index is -0.321. The highest BCUT2D eigenvalue weighted by molar-refractivity contribution is 5.91. The Kier molecular flexibility index (Phi) is 7.13. The minimum Gasteiger partial charge on any atom is -0.486 e. The Morgan fingerprint density at radius 3 is 2.50 bits per heavy atom. The van der Waals surface area contributed by atoms with E-state index in [1.165, 1.54) is 17.7 Å². The number of likely N-dealkylation sites (tertiary alicyclic amines) is 1. The second kappa shape index (κ2) is 9.78. The number of rotatable bonds is 6. The Morgan fingerprint density at radius 2 is 1.80 bits per heavy atom. The summed E-state index contributed by atoms with van der Waals surface area (Å²) in [5, 5.41) is 0. The smallest absolute Gasteiger partial charge is 0.289 e. The molecule has 4 rings (SSSR count). The highest BCUT2D eigenvalue weighted by Crippen LogP contribution is 2.33. The van der Waals surface area contributed by atoms with Gasteiger partial charge in [-0.1, -0.05) is 30.3 Å². The lowest BCUT2D eigenvalue weighted by molar-refractivity contribution is 0.0750. The minimum absolute atomic E-state index is 0. The summed E-state index contributed by atoms with van der Waals surface area (Å²) in [4.78, 5) is 14.7. The molecule has 0 spiro atoms. The third-order valence-electron chi connectivity index (χ3n) is 5.33. The van der Waals surface area contributed by atoms with Crippen LogP contribution in [0.3, 0.4) is 0 Å². The van der Waals surface area contributed by atoms with E-state index in [2.05, 4.69) is 12.1 Å². The molecule has 1 fully saturated rings. The van der Waals surface area contributed by atoms with E-state index >= 15 is 0 Å². The molecular weight excluding hydrogens is 407 g/mol. The van der Waals surface area contributed by atoms with E-state index in [0.29, 0.717) is 31.1 Å². The number of carbonyl (C=O) groups excluding carboxylic acids is 1. The van der Waals surface area contributed by atoms with Gasteiger partial charge in [-0.15, -0.1) is 12.4 Å². The first kappa shape index (κ1) is 21.9. The maximum Gasteiger partial charge on any atom is 0.289 e. The number of ether oxygens (including phenoxy) is 1. The van der Waals surface area contributed by atoms with Crippen LogP contribution in [0.4, 0.5) is 4.39 Å². The molecular formula is C23H24ClFN2O3. The van der Waals surface area contributed by atoms with Crippen molar-refractivity contribution in [2.24, 2.45) is 11.7 Å². The number of amides is 1. The molecule has 1 aliphatic rings. The molecule has 5 nitrogen and oxygen atoms in total. The molecule has 3 aromatic rings. The van der Waals surface area contributed by atoms with Crippen LogP contribution in [-0.2, 0) is 6.61 Å². The molecule has 158 valence electrons. The average Bonchev–Trinajstić information content (AvgIpc) is 3.41. The Morgan fingerprint density at radius 1 is 1.07 bits per heavy atom. The van der Waals surface area contributed by atoms with E-state index in [1.807, 2.05) is 18.2 Å².